The molecule has 0 spiro atoms. The molecule has 0 atom stereocenters. The maximum Gasteiger partial charge on any atom is 0.0829 e. The Hall–Kier alpha value is -1.74. The number of nitrogens with zero attached hydrogens (tertiary/aromatic N) is 6. The van der Waals surface area contributed by atoms with Gasteiger partial charge in [-0.15, -0.1) is 19.4 Å². The number of halogens is 2. The molecule has 0 unspecified atom stereocenters. The summed E-state index contributed by atoms with van der Waals surface area (Å²) in [5.74, 6) is -1.43. The average Bonchev–Trinajstić information content (AvgIpc) is 2.99. The van der Waals surface area contributed by atoms with Crippen LogP contribution in [0.3, 0.4) is 0 Å². The van der Waals surface area contributed by atoms with Gasteiger partial charge in [0.2, 0.25) is 0 Å². The third kappa shape index (κ3) is 2.98. The summed E-state index contributed by atoms with van der Waals surface area (Å²) in [6.45, 7) is 3.12. The van der Waals surface area contributed by atoms with Crippen LogP contribution in [0.1, 0.15) is 0 Å². The maximum atomic E-state index is 13.9. The molecule has 1 aromatic carbocycles. The minimum Gasteiger partial charge on any atom is -0.481 e. The number of benzene rings is 1. The summed E-state index contributed by atoms with van der Waals surface area (Å²) in [6.07, 6.45) is 2.84. The van der Waals surface area contributed by atoms with Crippen LogP contribution in [-0.2, 0) is 19.8 Å². The quantitative estimate of drug-likeness (QED) is 0.617. The van der Waals surface area contributed by atoms with E-state index in [1.54, 1.807) is 27.4 Å². The zero-order valence-electron chi connectivity index (χ0n) is 11.2. The summed E-state index contributed by atoms with van der Waals surface area (Å²) in [5, 5.41) is 10.9. The van der Waals surface area contributed by atoms with Crippen molar-refractivity contribution >= 4 is 24.1 Å². The molecule has 2 aliphatic heterocycles. The summed E-state index contributed by atoms with van der Waals surface area (Å²) >= 11 is 0. The second kappa shape index (κ2) is 5.94. The van der Waals surface area contributed by atoms with E-state index < -0.39 is 11.6 Å². The molecule has 2 aliphatic rings. The molecule has 0 aromatic heterocycles. The summed E-state index contributed by atoms with van der Waals surface area (Å²) in [5.41, 5.74) is 0.178. The first-order chi connectivity index (χ1) is 9.54. The van der Waals surface area contributed by atoms with E-state index >= 15 is 0 Å². The van der Waals surface area contributed by atoms with Crippen molar-refractivity contribution in [3.63, 3.8) is 0 Å². The van der Waals surface area contributed by atoms with Crippen molar-refractivity contribution in [2.24, 2.45) is 10.2 Å². The van der Waals surface area contributed by atoms with Crippen LogP contribution in [0.15, 0.2) is 16.3 Å². The third-order valence-corrected chi connectivity index (χ3v) is 2.76. The summed E-state index contributed by atoms with van der Waals surface area (Å²) < 4.78 is 27.8. The van der Waals surface area contributed by atoms with Gasteiger partial charge in [-0.1, -0.05) is 17.4 Å². The van der Waals surface area contributed by atoms with Gasteiger partial charge in [-0.05, 0) is 14.1 Å². The monoisotopic (exact) mass is 469 g/mol. The maximum absolute atomic E-state index is 13.9. The fourth-order valence-electron chi connectivity index (χ4n) is 1.84. The number of rotatable bonds is 2. The van der Waals surface area contributed by atoms with Crippen LogP contribution in [0.25, 0.3) is 0 Å². The summed E-state index contributed by atoms with van der Waals surface area (Å²) in [6, 6.07) is 3.53. The molecule has 0 saturated carbocycles. The third-order valence-electron chi connectivity index (χ3n) is 2.76. The molecule has 114 valence electrons. The van der Waals surface area contributed by atoms with Gasteiger partial charge in [0, 0.05) is 31.4 Å². The molecule has 0 fully saturated rings. The Morgan fingerprint density at radius 3 is 1.71 bits per heavy atom. The zero-order chi connectivity index (χ0) is 14.3. The molecule has 0 saturated heterocycles. The van der Waals surface area contributed by atoms with Crippen LogP contribution >= 0.6 is 0 Å². The first-order valence-corrected chi connectivity index (χ1v) is 5.76. The smallest absolute Gasteiger partial charge is 0.0829 e. The van der Waals surface area contributed by atoms with E-state index in [1.165, 1.54) is 32.5 Å². The van der Waals surface area contributed by atoms with Crippen molar-refractivity contribution in [3.05, 3.63) is 37.1 Å². The van der Waals surface area contributed by atoms with Gasteiger partial charge < -0.3 is 19.8 Å². The normalized spacial score (nSPS) is 17.0. The first-order valence-electron chi connectivity index (χ1n) is 5.76. The molecule has 0 bridgehead atoms. The van der Waals surface area contributed by atoms with Gasteiger partial charge in [0.25, 0.3) is 0 Å². The van der Waals surface area contributed by atoms with Crippen molar-refractivity contribution in [1.82, 2.24) is 10.0 Å². The molecule has 3 rings (SSSR count). The van der Waals surface area contributed by atoms with Gasteiger partial charge in [-0.2, -0.15) is 0 Å². The predicted molar refractivity (Wildman–Crippen MR) is 71.3 cm³/mol. The van der Waals surface area contributed by atoms with E-state index in [9.17, 15) is 8.78 Å². The molecular weight excluding hydrogens is 456 g/mol. The van der Waals surface area contributed by atoms with Crippen LogP contribution in [0.4, 0.5) is 20.2 Å². The van der Waals surface area contributed by atoms with E-state index in [2.05, 4.69) is 16.3 Å². The predicted octanol–water partition coefficient (Wildman–Crippen LogP) is 1.39. The molecule has 0 radical (unpaired) electrons. The second-order valence-corrected chi connectivity index (χ2v) is 4.32. The molecule has 0 N–H and O–H groups in total. The Bertz CT molecular complexity index is 546. The molecular formula is C12H11F2N6Os-3. The average molecular weight is 467 g/mol. The number of hydrogen-bond acceptors (Lipinski definition) is 6. The number of hydrazone groups is 2. The fourth-order valence-corrected chi connectivity index (χ4v) is 1.84. The van der Waals surface area contributed by atoms with E-state index in [0.29, 0.717) is 0 Å². The summed E-state index contributed by atoms with van der Waals surface area (Å²) in [4.78, 5) is 2.85. The topological polar surface area (TPSA) is 37.7 Å². The van der Waals surface area contributed by atoms with E-state index in [1.807, 2.05) is 0 Å². The van der Waals surface area contributed by atoms with Crippen molar-refractivity contribution in [2.75, 3.05) is 23.9 Å². The van der Waals surface area contributed by atoms with E-state index in [0.717, 1.165) is 6.07 Å². The molecule has 9 heteroatoms. The van der Waals surface area contributed by atoms with E-state index in [4.69, 9.17) is 0 Å². The van der Waals surface area contributed by atoms with Crippen molar-refractivity contribution in [1.29, 1.82) is 0 Å². The van der Waals surface area contributed by atoms with Gasteiger partial charge in [0.1, 0.15) is 0 Å². The van der Waals surface area contributed by atoms with E-state index in [-0.39, 0.29) is 31.2 Å². The second-order valence-electron chi connectivity index (χ2n) is 4.32. The minimum atomic E-state index is -0.714. The van der Waals surface area contributed by atoms with Crippen LogP contribution in [0, 0.1) is 31.0 Å². The fraction of sp³-hybridized carbons (Fsp3) is 0.167. The molecule has 2 heterocycles. The van der Waals surface area contributed by atoms with Crippen molar-refractivity contribution in [3.8, 4) is 0 Å². The van der Waals surface area contributed by atoms with Gasteiger partial charge in [-0.3, -0.25) is 8.78 Å². The molecule has 1 aromatic rings. The van der Waals surface area contributed by atoms with Gasteiger partial charge in [-0.25, -0.2) is 10.2 Å². The Morgan fingerprint density at radius 2 is 1.38 bits per heavy atom. The Kier molecular flexibility index (Phi) is 4.42. The Morgan fingerprint density at radius 1 is 0.952 bits per heavy atom. The SMILES string of the molecule is CN1[CH-]N(c2[c-]c(N3C=NN(C)[CH-]3)c(F)cc2F)C=N1.[Os]. The molecule has 6 nitrogen and oxygen atoms in total. The number of hydrogen-bond donors (Lipinski definition) is 0. The first kappa shape index (κ1) is 15.6. The van der Waals surface area contributed by atoms with Crippen molar-refractivity contribution < 1.29 is 28.6 Å². The number of anilines is 2. The minimum absolute atomic E-state index is 0. The van der Waals surface area contributed by atoms with Crippen LogP contribution in [0.2, 0.25) is 0 Å². The van der Waals surface area contributed by atoms with Gasteiger partial charge in [0.15, 0.2) is 0 Å². The van der Waals surface area contributed by atoms with Gasteiger partial charge in [0.05, 0.1) is 12.7 Å². The molecule has 0 aliphatic carbocycles. The Labute approximate surface area is 134 Å². The van der Waals surface area contributed by atoms with Crippen molar-refractivity contribution in [2.45, 2.75) is 0 Å². The standard InChI is InChI=1S/C12H11F2N6.Os/c1-17-7-19(5-15-17)11-4-12(10(14)3-9(11)13)20-6-16-18(2)8-20;/h3,5-8H,1-2H3;/q-3;. The van der Waals surface area contributed by atoms with Crippen LogP contribution in [0.5, 0.6) is 0 Å². The van der Waals surface area contributed by atoms with Gasteiger partial charge >= 0.3 is 0 Å². The zero-order valence-corrected chi connectivity index (χ0v) is 13.7. The van der Waals surface area contributed by atoms with Crippen LogP contribution in [-0.4, -0.2) is 36.8 Å². The molecule has 21 heavy (non-hydrogen) atoms. The largest absolute Gasteiger partial charge is 0.481 e. The Balaban J connectivity index is 0.00000161. The molecule has 0 amide bonds. The van der Waals surface area contributed by atoms with Crippen LogP contribution < -0.4 is 9.80 Å². The summed E-state index contributed by atoms with van der Waals surface area (Å²) in [7, 11) is 3.41.